The van der Waals surface area contributed by atoms with Crippen LogP contribution in [0.25, 0.3) is 0 Å². The van der Waals surface area contributed by atoms with Gasteiger partial charge in [0.25, 0.3) is 5.91 Å². The van der Waals surface area contributed by atoms with Crippen LogP contribution in [-0.4, -0.2) is 39.7 Å². The minimum absolute atomic E-state index is 0.321. The van der Waals surface area contributed by atoms with Crippen molar-refractivity contribution in [1.29, 1.82) is 0 Å². The number of nitrogens with one attached hydrogen (secondary N) is 1. The molecule has 0 aromatic heterocycles. The van der Waals surface area contributed by atoms with E-state index in [1.54, 1.807) is 30.3 Å². The van der Waals surface area contributed by atoms with Gasteiger partial charge in [-0.15, -0.1) is 0 Å². The maximum absolute atomic E-state index is 11.7. The number of rotatable bonds is 6. The quantitative estimate of drug-likeness (QED) is 0.750. The van der Waals surface area contributed by atoms with Crippen LogP contribution in [0.2, 0.25) is 0 Å². The summed E-state index contributed by atoms with van der Waals surface area (Å²) in [5.41, 5.74) is 0.435. The average Bonchev–Trinajstić information content (AvgIpc) is 2.44. The third kappa shape index (κ3) is 4.85. The van der Waals surface area contributed by atoms with Crippen molar-refractivity contribution in [2.75, 3.05) is 5.75 Å². The highest BCUT2D eigenvalue weighted by atomic mass is 32.2. The summed E-state index contributed by atoms with van der Waals surface area (Å²) in [5.74, 6) is -3.41. The van der Waals surface area contributed by atoms with E-state index in [0.717, 1.165) is 0 Å². The smallest absolute Gasteiger partial charge is 0.325 e. The molecule has 1 amide bonds. The topological polar surface area (TPSA) is 101 Å². The fourth-order valence-electron chi connectivity index (χ4n) is 1.19. The van der Waals surface area contributed by atoms with E-state index in [9.17, 15) is 19.2 Å². The molecule has 106 valence electrons. The van der Waals surface area contributed by atoms with Crippen LogP contribution in [0.4, 0.5) is 0 Å². The van der Waals surface area contributed by atoms with Gasteiger partial charge < -0.3 is 10.4 Å². The standard InChI is InChI=1S/C13H13NO5S/c1-8(12(17)18)14-11(16)10(15)7-20-13(19)9-5-3-2-4-6-9/h2-6,8H,7H2,1H3,(H,14,16)(H,17,18)/t8-/m0/s1. The van der Waals surface area contributed by atoms with Crippen molar-refractivity contribution in [3.05, 3.63) is 35.9 Å². The first-order valence-electron chi connectivity index (χ1n) is 5.70. The number of thioether (sulfide) groups is 1. The van der Waals surface area contributed by atoms with Gasteiger partial charge in [0.2, 0.25) is 10.9 Å². The Morgan fingerprint density at radius 3 is 2.35 bits per heavy atom. The van der Waals surface area contributed by atoms with Crippen LogP contribution < -0.4 is 5.32 Å². The minimum atomic E-state index is -1.24. The fraction of sp³-hybridized carbons (Fsp3) is 0.231. The number of amides is 1. The average molecular weight is 295 g/mol. The molecule has 1 aromatic rings. The highest BCUT2D eigenvalue weighted by molar-refractivity contribution is 8.14. The monoisotopic (exact) mass is 295 g/mol. The zero-order valence-corrected chi connectivity index (χ0v) is 11.5. The Bertz CT molecular complexity index is 529. The number of ketones is 1. The van der Waals surface area contributed by atoms with Crippen LogP contribution in [0.3, 0.4) is 0 Å². The predicted molar refractivity (Wildman–Crippen MR) is 73.5 cm³/mol. The van der Waals surface area contributed by atoms with E-state index in [-0.39, 0.29) is 10.9 Å². The molecular formula is C13H13NO5S. The molecule has 0 aliphatic rings. The lowest BCUT2D eigenvalue weighted by Gasteiger charge is -2.07. The molecule has 0 aliphatic carbocycles. The zero-order valence-electron chi connectivity index (χ0n) is 10.7. The second kappa shape index (κ2) is 7.44. The van der Waals surface area contributed by atoms with Crippen molar-refractivity contribution >= 4 is 34.5 Å². The summed E-state index contributed by atoms with van der Waals surface area (Å²) in [7, 11) is 0. The van der Waals surface area contributed by atoms with Gasteiger partial charge in [-0.25, -0.2) is 0 Å². The first-order chi connectivity index (χ1) is 9.41. The Labute approximate surface area is 119 Å². The van der Waals surface area contributed by atoms with Crippen LogP contribution >= 0.6 is 11.8 Å². The molecular weight excluding hydrogens is 282 g/mol. The van der Waals surface area contributed by atoms with Gasteiger partial charge in [-0.3, -0.25) is 19.2 Å². The van der Waals surface area contributed by atoms with Gasteiger partial charge >= 0.3 is 5.97 Å². The molecule has 0 aliphatic heterocycles. The molecule has 0 fully saturated rings. The first-order valence-corrected chi connectivity index (χ1v) is 6.69. The maximum Gasteiger partial charge on any atom is 0.325 e. The van der Waals surface area contributed by atoms with Crippen LogP contribution in [-0.2, 0) is 14.4 Å². The third-order valence-corrected chi connectivity index (χ3v) is 3.22. The largest absolute Gasteiger partial charge is 0.480 e. The molecule has 1 rings (SSSR count). The summed E-state index contributed by atoms with van der Waals surface area (Å²) in [4.78, 5) is 45.0. The highest BCUT2D eigenvalue weighted by Gasteiger charge is 2.20. The number of carbonyl (C=O) groups excluding carboxylic acids is 3. The lowest BCUT2D eigenvalue weighted by molar-refractivity contribution is -0.143. The van der Waals surface area contributed by atoms with E-state index >= 15 is 0 Å². The van der Waals surface area contributed by atoms with E-state index in [4.69, 9.17) is 5.11 Å². The Balaban J connectivity index is 2.45. The van der Waals surface area contributed by atoms with Gasteiger partial charge in [0.05, 0.1) is 5.75 Å². The Morgan fingerprint density at radius 2 is 1.80 bits per heavy atom. The zero-order chi connectivity index (χ0) is 15.1. The second-order valence-electron chi connectivity index (χ2n) is 3.90. The molecule has 0 saturated carbocycles. The number of aliphatic carboxylic acids is 1. The first kappa shape index (κ1) is 15.9. The second-order valence-corrected chi connectivity index (χ2v) is 4.85. The molecule has 6 nitrogen and oxygen atoms in total. The third-order valence-electron chi connectivity index (χ3n) is 2.32. The van der Waals surface area contributed by atoms with Crippen molar-refractivity contribution in [3.8, 4) is 0 Å². The molecule has 0 bridgehead atoms. The molecule has 0 radical (unpaired) electrons. The van der Waals surface area contributed by atoms with Crippen molar-refractivity contribution < 1.29 is 24.3 Å². The van der Waals surface area contributed by atoms with Gasteiger partial charge in [-0.05, 0) is 6.92 Å². The lowest BCUT2D eigenvalue weighted by Crippen LogP contribution is -2.42. The molecule has 0 saturated heterocycles. The van der Waals surface area contributed by atoms with E-state index in [2.05, 4.69) is 0 Å². The molecule has 0 spiro atoms. The van der Waals surface area contributed by atoms with Gasteiger partial charge in [0.1, 0.15) is 6.04 Å². The number of carboxylic acid groups (broad SMARTS) is 1. The van der Waals surface area contributed by atoms with Crippen molar-refractivity contribution in [2.24, 2.45) is 0 Å². The molecule has 7 heteroatoms. The van der Waals surface area contributed by atoms with Crippen molar-refractivity contribution in [2.45, 2.75) is 13.0 Å². The van der Waals surface area contributed by atoms with E-state index in [1.165, 1.54) is 6.92 Å². The van der Waals surface area contributed by atoms with Crippen molar-refractivity contribution in [3.63, 3.8) is 0 Å². The Kier molecular flexibility index (Phi) is 5.92. The van der Waals surface area contributed by atoms with E-state index in [1.807, 2.05) is 5.32 Å². The number of benzene rings is 1. The number of carboxylic acids is 1. The summed E-state index contributed by atoms with van der Waals surface area (Å²) in [5, 5.41) is 10.3. The Morgan fingerprint density at radius 1 is 1.20 bits per heavy atom. The fourth-order valence-corrected chi connectivity index (χ4v) is 1.89. The summed E-state index contributed by atoms with van der Waals surface area (Å²) in [6.07, 6.45) is 0. The maximum atomic E-state index is 11.7. The molecule has 0 unspecified atom stereocenters. The predicted octanol–water partition coefficient (Wildman–Crippen LogP) is 0.718. The van der Waals surface area contributed by atoms with Gasteiger partial charge in [-0.2, -0.15) is 0 Å². The highest BCUT2D eigenvalue weighted by Crippen LogP contribution is 2.11. The molecule has 2 N–H and O–H groups in total. The summed E-state index contributed by atoms with van der Waals surface area (Å²) in [6, 6.07) is 7.20. The van der Waals surface area contributed by atoms with E-state index < -0.39 is 23.7 Å². The van der Waals surface area contributed by atoms with Gasteiger partial charge in [0.15, 0.2) is 0 Å². The number of hydrogen-bond donors (Lipinski definition) is 2. The molecule has 20 heavy (non-hydrogen) atoms. The number of Topliss-reactive ketones (excluding diaryl/α,β-unsaturated/α-hetero) is 1. The summed E-state index contributed by atoms with van der Waals surface area (Å²) >= 11 is 0.705. The number of carbonyl (C=O) groups is 4. The normalized spacial score (nSPS) is 11.4. The number of hydrogen-bond acceptors (Lipinski definition) is 5. The van der Waals surface area contributed by atoms with Crippen LogP contribution in [0.15, 0.2) is 30.3 Å². The van der Waals surface area contributed by atoms with Crippen LogP contribution in [0.1, 0.15) is 17.3 Å². The van der Waals surface area contributed by atoms with Crippen LogP contribution in [0, 0.1) is 0 Å². The lowest BCUT2D eigenvalue weighted by atomic mass is 10.2. The van der Waals surface area contributed by atoms with Crippen LogP contribution in [0.5, 0.6) is 0 Å². The summed E-state index contributed by atoms with van der Waals surface area (Å²) in [6.45, 7) is 1.25. The molecule has 1 atom stereocenters. The summed E-state index contributed by atoms with van der Waals surface area (Å²) < 4.78 is 0. The molecule has 1 aromatic carbocycles. The van der Waals surface area contributed by atoms with E-state index in [0.29, 0.717) is 17.3 Å². The van der Waals surface area contributed by atoms with Gasteiger partial charge in [0, 0.05) is 5.56 Å². The Hall–Kier alpha value is -2.15. The minimum Gasteiger partial charge on any atom is -0.480 e. The van der Waals surface area contributed by atoms with Crippen molar-refractivity contribution in [1.82, 2.24) is 5.32 Å². The molecule has 0 heterocycles. The van der Waals surface area contributed by atoms with Gasteiger partial charge in [-0.1, -0.05) is 42.1 Å². The SMILES string of the molecule is C[C@H](NC(=O)C(=O)CSC(=O)c1ccccc1)C(=O)O.